The predicted molar refractivity (Wildman–Crippen MR) is 83.8 cm³/mol. The second-order valence-electron chi connectivity index (χ2n) is 6.84. The van der Waals surface area contributed by atoms with Crippen LogP contribution in [0.15, 0.2) is 24.3 Å². The predicted octanol–water partition coefficient (Wildman–Crippen LogP) is 2.35. The Labute approximate surface area is 123 Å². The van der Waals surface area contributed by atoms with Gasteiger partial charge in [0.1, 0.15) is 0 Å². The Kier molecular flexibility index (Phi) is 4.84. The van der Waals surface area contributed by atoms with Crippen LogP contribution in [-0.2, 0) is 0 Å². The molecule has 0 amide bonds. The Morgan fingerprint density at radius 1 is 1.30 bits per heavy atom. The Balaban J connectivity index is 1.98. The molecule has 0 saturated heterocycles. The summed E-state index contributed by atoms with van der Waals surface area (Å²) in [6.45, 7) is 5.32. The van der Waals surface area contributed by atoms with Crippen molar-refractivity contribution >= 4 is 0 Å². The molecule has 0 spiro atoms. The maximum Gasteiger partial charge on any atom is 0.0869 e. The Morgan fingerprint density at radius 2 is 1.90 bits per heavy atom. The van der Waals surface area contributed by atoms with Gasteiger partial charge in [0.2, 0.25) is 0 Å². The average Bonchev–Trinajstić information content (AvgIpc) is 3.14. The van der Waals surface area contributed by atoms with Crippen molar-refractivity contribution in [2.45, 2.75) is 38.3 Å². The summed E-state index contributed by atoms with van der Waals surface area (Å²) in [5.41, 5.74) is 1.95. The zero-order valence-electron chi connectivity index (χ0n) is 13.2. The normalized spacial score (nSPS) is 19.9. The van der Waals surface area contributed by atoms with Gasteiger partial charge in [-0.05, 0) is 52.3 Å². The molecule has 1 aromatic carbocycles. The highest BCUT2D eigenvalue weighted by molar-refractivity contribution is 5.25. The number of aryl methyl sites for hydroxylation is 1. The van der Waals surface area contributed by atoms with Crippen molar-refractivity contribution < 1.29 is 5.11 Å². The lowest BCUT2D eigenvalue weighted by Crippen LogP contribution is -2.46. The SMILES string of the molecule is Cc1ccc(C(NCC(C)(O)CN(C)C)C2CC2)cc1. The zero-order valence-corrected chi connectivity index (χ0v) is 13.2. The largest absolute Gasteiger partial charge is 0.388 e. The Bertz CT molecular complexity index is 421. The molecule has 1 aromatic rings. The van der Waals surface area contributed by atoms with Crippen molar-refractivity contribution in [2.24, 2.45) is 5.92 Å². The maximum atomic E-state index is 10.4. The summed E-state index contributed by atoms with van der Waals surface area (Å²) in [6.07, 6.45) is 2.59. The van der Waals surface area contributed by atoms with Gasteiger partial charge in [-0.2, -0.15) is 0 Å². The van der Waals surface area contributed by atoms with Gasteiger partial charge in [-0.15, -0.1) is 0 Å². The molecule has 3 heteroatoms. The molecule has 2 rings (SSSR count). The molecular weight excluding hydrogens is 248 g/mol. The molecule has 3 nitrogen and oxygen atoms in total. The molecule has 2 N–H and O–H groups in total. The van der Waals surface area contributed by atoms with Gasteiger partial charge in [0, 0.05) is 19.1 Å². The van der Waals surface area contributed by atoms with Gasteiger partial charge in [-0.3, -0.25) is 0 Å². The molecule has 0 aliphatic heterocycles. The fourth-order valence-electron chi connectivity index (χ4n) is 2.83. The molecule has 112 valence electrons. The summed E-state index contributed by atoms with van der Waals surface area (Å²) in [6, 6.07) is 9.15. The monoisotopic (exact) mass is 276 g/mol. The van der Waals surface area contributed by atoms with Crippen molar-refractivity contribution in [3.05, 3.63) is 35.4 Å². The highest BCUT2D eigenvalue weighted by Crippen LogP contribution is 2.41. The third-order valence-electron chi connectivity index (χ3n) is 3.89. The smallest absolute Gasteiger partial charge is 0.0869 e. The molecule has 1 saturated carbocycles. The van der Waals surface area contributed by atoms with Crippen molar-refractivity contribution in [1.29, 1.82) is 0 Å². The van der Waals surface area contributed by atoms with Crippen LogP contribution in [0.1, 0.15) is 36.9 Å². The van der Waals surface area contributed by atoms with Crippen molar-refractivity contribution in [3.63, 3.8) is 0 Å². The molecule has 1 fully saturated rings. The second-order valence-corrected chi connectivity index (χ2v) is 6.84. The van der Waals surface area contributed by atoms with E-state index in [1.807, 2.05) is 25.9 Å². The van der Waals surface area contributed by atoms with Gasteiger partial charge < -0.3 is 15.3 Å². The summed E-state index contributed by atoms with van der Waals surface area (Å²) in [5.74, 6) is 0.730. The third kappa shape index (κ3) is 4.58. The lowest BCUT2D eigenvalue weighted by molar-refractivity contribution is 0.0306. The molecule has 0 bridgehead atoms. The van der Waals surface area contributed by atoms with Crippen molar-refractivity contribution in [3.8, 4) is 0 Å². The maximum absolute atomic E-state index is 10.4. The molecular formula is C17H28N2O. The van der Waals surface area contributed by atoms with E-state index in [2.05, 4.69) is 36.5 Å². The fourth-order valence-corrected chi connectivity index (χ4v) is 2.83. The summed E-state index contributed by atoms with van der Waals surface area (Å²) < 4.78 is 0. The van der Waals surface area contributed by atoms with Crippen LogP contribution < -0.4 is 5.32 Å². The topological polar surface area (TPSA) is 35.5 Å². The van der Waals surface area contributed by atoms with E-state index in [9.17, 15) is 5.11 Å². The molecule has 1 aliphatic rings. The minimum Gasteiger partial charge on any atom is -0.388 e. The number of aliphatic hydroxyl groups is 1. The van der Waals surface area contributed by atoms with Crippen molar-refractivity contribution in [2.75, 3.05) is 27.2 Å². The quantitative estimate of drug-likeness (QED) is 0.802. The summed E-state index contributed by atoms with van der Waals surface area (Å²) in [7, 11) is 3.99. The van der Waals surface area contributed by atoms with Crippen LogP contribution in [0, 0.1) is 12.8 Å². The summed E-state index contributed by atoms with van der Waals surface area (Å²) >= 11 is 0. The number of likely N-dealkylation sites (N-methyl/N-ethyl adjacent to an activating group) is 1. The molecule has 20 heavy (non-hydrogen) atoms. The van der Waals surface area contributed by atoms with E-state index in [4.69, 9.17) is 0 Å². The highest BCUT2D eigenvalue weighted by Gasteiger charge is 2.33. The molecule has 2 unspecified atom stereocenters. The average molecular weight is 276 g/mol. The third-order valence-corrected chi connectivity index (χ3v) is 3.89. The van der Waals surface area contributed by atoms with Gasteiger partial charge in [-0.1, -0.05) is 29.8 Å². The van der Waals surface area contributed by atoms with Gasteiger partial charge in [0.25, 0.3) is 0 Å². The van der Waals surface area contributed by atoms with Crippen LogP contribution in [0.2, 0.25) is 0 Å². The number of hydrogen-bond donors (Lipinski definition) is 2. The zero-order chi connectivity index (χ0) is 14.8. The van der Waals surface area contributed by atoms with E-state index in [1.54, 1.807) is 0 Å². The van der Waals surface area contributed by atoms with Crippen LogP contribution in [0.5, 0.6) is 0 Å². The molecule has 0 radical (unpaired) electrons. The van der Waals surface area contributed by atoms with E-state index >= 15 is 0 Å². The van der Waals surface area contributed by atoms with Gasteiger partial charge in [-0.25, -0.2) is 0 Å². The van der Waals surface area contributed by atoms with Gasteiger partial charge >= 0.3 is 0 Å². The van der Waals surface area contributed by atoms with Crippen LogP contribution in [0.3, 0.4) is 0 Å². The number of nitrogens with one attached hydrogen (secondary N) is 1. The van der Waals surface area contributed by atoms with Crippen LogP contribution in [0.25, 0.3) is 0 Å². The first kappa shape index (κ1) is 15.5. The summed E-state index contributed by atoms with van der Waals surface area (Å²) in [4.78, 5) is 2.03. The minimum absolute atomic E-state index is 0.379. The highest BCUT2D eigenvalue weighted by atomic mass is 16.3. The van der Waals surface area contributed by atoms with Crippen molar-refractivity contribution in [1.82, 2.24) is 10.2 Å². The standard InChI is InChI=1S/C17H28N2O/c1-13-5-7-14(8-6-13)16(15-9-10-15)18-11-17(2,20)12-19(3)4/h5-8,15-16,18,20H,9-12H2,1-4H3. The first-order chi connectivity index (χ1) is 9.37. The van der Waals surface area contributed by atoms with Gasteiger partial charge in [0.15, 0.2) is 0 Å². The fraction of sp³-hybridized carbons (Fsp3) is 0.647. The number of hydrogen-bond acceptors (Lipinski definition) is 3. The molecule has 0 heterocycles. The minimum atomic E-state index is -0.693. The number of nitrogens with zero attached hydrogens (tertiary/aromatic N) is 1. The first-order valence-electron chi connectivity index (χ1n) is 7.54. The lowest BCUT2D eigenvalue weighted by atomic mass is 9.99. The van der Waals surface area contributed by atoms with E-state index in [0.717, 1.165) is 5.92 Å². The second kappa shape index (κ2) is 6.25. The molecule has 0 aromatic heterocycles. The van der Waals surface area contributed by atoms with Crippen LogP contribution in [-0.4, -0.2) is 42.8 Å². The number of rotatable bonds is 7. The first-order valence-corrected chi connectivity index (χ1v) is 7.54. The van der Waals surface area contributed by atoms with Gasteiger partial charge in [0.05, 0.1) is 5.60 Å². The lowest BCUT2D eigenvalue weighted by Gasteiger charge is -2.30. The van der Waals surface area contributed by atoms with E-state index in [-0.39, 0.29) is 0 Å². The molecule has 1 aliphatic carbocycles. The van der Waals surface area contributed by atoms with E-state index in [0.29, 0.717) is 19.1 Å². The van der Waals surface area contributed by atoms with E-state index in [1.165, 1.54) is 24.0 Å². The van der Waals surface area contributed by atoms with Crippen LogP contribution >= 0.6 is 0 Å². The Morgan fingerprint density at radius 3 is 2.40 bits per heavy atom. The van der Waals surface area contributed by atoms with E-state index < -0.39 is 5.60 Å². The van der Waals surface area contributed by atoms with Crippen LogP contribution in [0.4, 0.5) is 0 Å². The Hall–Kier alpha value is -0.900. The molecule has 2 atom stereocenters. The summed E-state index contributed by atoms with van der Waals surface area (Å²) in [5, 5.41) is 14.0. The number of benzene rings is 1.